The van der Waals surface area contributed by atoms with Gasteiger partial charge in [-0.15, -0.1) is 0 Å². The minimum absolute atomic E-state index is 0.00287. The summed E-state index contributed by atoms with van der Waals surface area (Å²) in [6.07, 6.45) is -6.01. The first-order valence-corrected chi connectivity index (χ1v) is 17.1. The molecule has 55 heavy (non-hydrogen) atoms. The summed E-state index contributed by atoms with van der Waals surface area (Å²) < 4.78 is 45.5. The van der Waals surface area contributed by atoms with E-state index < -0.39 is 89.7 Å². The number of phenolic OH excluding ortho intramolecular Hbond substituents is 1. The molecular weight excluding hydrogens is 734 g/mol. The van der Waals surface area contributed by atoms with Crippen LogP contribution in [0.25, 0.3) is 33.4 Å². The molecule has 0 saturated carbocycles. The number of carbonyl (C=O) groups is 4. The Labute approximate surface area is 310 Å². The molecule has 294 valence electrons. The van der Waals surface area contributed by atoms with E-state index in [1.54, 1.807) is 0 Å². The lowest BCUT2D eigenvalue weighted by Crippen LogP contribution is -2.66. The molecule has 5 rings (SSSR count). The van der Waals surface area contributed by atoms with Crippen LogP contribution in [-0.4, -0.2) is 104 Å². The van der Waals surface area contributed by atoms with Gasteiger partial charge < -0.3 is 55.2 Å². The van der Waals surface area contributed by atoms with Crippen molar-refractivity contribution < 1.29 is 72.5 Å². The van der Waals surface area contributed by atoms with Gasteiger partial charge >= 0.3 is 5.97 Å². The second-order valence-electron chi connectivity index (χ2n) is 13.3. The van der Waals surface area contributed by atoms with Crippen molar-refractivity contribution in [2.75, 3.05) is 13.2 Å². The number of benzene rings is 3. The number of carbonyl (C=O) groups excluding carboxylic acids is 3. The predicted octanol–water partition coefficient (Wildman–Crippen LogP) is 1.57. The fourth-order valence-electron chi connectivity index (χ4n) is 6.45. The number of fused-ring (bicyclic) bond motifs is 2. The molecule has 2 aliphatic heterocycles. The Balaban J connectivity index is 1.25. The van der Waals surface area contributed by atoms with Crippen molar-refractivity contribution in [2.45, 2.75) is 75.1 Å². The molecule has 0 bridgehead atoms. The molecule has 16 nitrogen and oxygen atoms in total. The summed E-state index contributed by atoms with van der Waals surface area (Å²) in [4.78, 5) is 61.3. The zero-order chi connectivity index (χ0) is 40.2. The molecule has 2 unspecified atom stereocenters. The highest BCUT2D eigenvalue weighted by Gasteiger charge is 2.52. The van der Waals surface area contributed by atoms with Crippen LogP contribution in [0.5, 0.6) is 11.5 Å². The Morgan fingerprint density at radius 3 is 2.49 bits per heavy atom. The van der Waals surface area contributed by atoms with E-state index in [-0.39, 0.29) is 64.2 Å². The molecule has 2 heterocycles. The van der Waals surface area contributed by atoms with E-state index in [9.17, 15) is 63.4 Å². The van der Waals surface area contributed by atoms with Crippen molar-refractivity contribution in [2.24, 2.45) is 0 Å². The summed E-state index contributed by atoms with van der Waals surface area (Å²) in [5, 5.41) is 65.2. The highest BCUT2D eigenvalue weighted by Crippen LogP contribution is 2.45. The number of amides is 2. The lowest BCUT2D eigenvalue weighted by atomic mass is 9.84. The smallest absolute Gasteiger partial charge is 0.335 e. The van der Waals surface area contributed by atoms with Crippen LogP contribution in [0.2, 0.25) is 0 Å². The maximum atomic E-state index is 14.6. The van der Waals surface area contributed by atoms with Crippen molar-refractivity contribution in [1.82, 2.24) is 10.6 Å². The summed E-state index contributed by atoms with van der Waals surface area (Å²) in [6, 6.07) is 6.23. The summed E-state index contributed by atoms with van der Waals surface area (Å²) >= 11 is 0. The molecule has 0 spiro atoms. The van der Waals surface area contributed by atoms with Crippen LogP contribution in [-0.2, 0) is 19.1 Å². The van der Waals surface area contributed by atoms with E-state index in [0.717, 1.165) is 24.3 Å². The van der Waals surface area contributed by atoms with Crippen molar-refractivity contribution in [3.05, 3.63) is 69.9 Å². The van der Waals surface area contributed by atoms with E-state index in [0.29, 0.717) is 19.3 Å². The molecule has 2 amide bonds. The number of aliphatic hydroxyl groups is 4. The van der Waals surface area contributed by atoms with Crippen LogP contribution in [0, 0.1) is 11.6 Å². The number of carboxylic acid groups (broad SMARTS) is 1. The standard InChI is InChI=1S/C37H38F2N2O14/c1-37(36(51)52)14-25(46)32(34(55-37)33(49)26(47)15-42)41-30(48)5-3-2-4-8-40-35(50)17-6-7-27(53-16-43)18(9-17)31-19-10-21(38)23(44)12-28(19)54-29-13-24(45)22(39)11-20(29)31/h6-7,9-13,16,25-26,32-34,42,44,46-47,49H,2-5,8,14-15H2,1H3,(H,40,50)(H,41,48)(H,51,52)/t25?,26-,32-,33?,34-,37-/m1/s1. The minimum Gasteiger partial charge on any atom is -0.505 e. The van der Waals surface area contributed by atoms with Crippen molar-refractivity contribution in [1.29, 1.82) is 0 Å². The van der Waals surface area contributed by atoms with Crippen LogP contribution >= 0.6 is 0 Å². The number of unbranched alkanes of at least 4 members (excludes halogenated alkanes) is 2. The third kappa shape index (κ3) is 8.73. The van der Waals surface area contributed by atoms with Gasteiger partial charge in [-0.3, -0.25) is 19.2 Å². The van der Waals surface area contributed by atoms with Crippen LogP contribution in [0.1, 0.15) is 49.4 Å². The maximum absolute atomic E-state index is 14.6. The molecule has 0 aromatic heterocycles. The van der Waals surface area contributed by atoms with Crippen molar-refractivity contribution in [3.63, 3.8) is 0 Å². The number of aliphatic hydroxyl groups excluding tert-OH is 4. The highest BCUT2D eigenvalue weighted by molar-refractivity contribution is 6.05. The van der Waals surface area contributed by atoms with Gasteiger partial charge in [0, 0.05) is 59.2 Å². The fourth-order valence-corrected chi connectivity index (χ4v) is 6.45. The Bertz CT molecular complexity index is 2130. The van der Waals surface area contributed by atoms with Gasteiger partial charge in [-0.25, -0.2) is 13.6 Å². The molecule has 6 atom stereocenters. The first-order chi connectivity index (χ1) is 26.1. The van der Waals surface area contributed by atoms with Gasteiger partial charge in [0.25, 0.3) is 12.4 Å². The number of halogens is 2. The average molecular weight is 773 g/mol. The van der Waals surface area contributed by atoms with Gasteiger partial charge in [-0.05, 0) is 50.1 Å². The Morgan fingerprint density at radius 1 is 1.05 bits per heavy atom. The number of ether oxygens (including phenoxy) is 2. The van der Waals surface area contributed by atoms with Gasteiger partial charge in [0.2, 0.25) is 11.3 Å². The Morgan fingerprint density at radius 2 is 1.80 bits per heavy atom. The molecular formula is C37H38F2N2O14. The molecule has 0 radical (unpaired) electrons. The molecule has 2 aromatic rings. The molecule has 1 saturated heterocycles. The second kappa shape index (κ2) is 16.9. The number of phenols is 1. The van der Waals surface area contributed by atoms with Gasteiger partial charge in [-0.1, -0.05) is 6.42 Å². The van der Waals surface area contributed by atoms with E-state index in [2.05, 4.69) is 10.6 Å². The normalized spacial score (nSPS) is 20.8. The number of hydrogen-bond donors (Lipinski definition) is 8. The minimum atomic E-state index is -1.94. The second-order valence-corrected chi connectivity index (χ2v) is 13.3. The molecule has 2 aromatic carbocycles. The van der Waals surface area contributed by atoms with Crippen LogP contribution in [0.4, 0.5) is 8.78 Å². The molecule has 1 aliphatic carbocycles. The van der Waals surface area contributed by atoms with Crippen LogP contribution < -0.4 is 20.8 Å². The summed E-state index contributed by atoms with van der Waals surface area (Å²) in [5.41, 5.74) is -2.96. The zero-order valence-electron chi connectivity index (χ0n) is 29.2. The third-order valence-corrected chi connectivity index (χ3v) is 9.36. The maximum Gasteiger partial charge on any atom is 0.335 e. The van der Waals surface area contributed by atoms with Gasteiger partial charge in [0.05, 0.1) is 18.8 Å². The number of aliphatic carboxylic acids is 1. The number of hydrogen-bond acceptors (Lipinski definition) is 13. The average Bonchev–Trinajstić information content (AvgIpc) is 3.14. The lowest BCUT2D eigenvalue weighted by Gasteiger charge is -2.45. The topological polar surface area (TPSA) is 262 Å². The van der Waals surface area contributed by atoms with Gasteiger partial charge in [0.15, 0.2) is 23.0 Å². The third-order valence-electron chi connectivity index (χ3n) is 9.36. The fraction of sp³-hybridized carbons (Fsp3) is 0.378. The van der Waals surface area contributed by atoms with E-state index >= 15 is 0 Å². The summed E-state index contributed by atoms with van der Waals surface area (Å²) in [6.45, 7) is 0.526. The SMILES string of the molecule is C[C@]1(C(=O)O)CC(O)[C@@H](NC(=O)CCCCCNC(=O)c2ccc(OC=O)c(-c3c4cc(F)c(=O)cc-4oc4cc(O)c(F)cc34)c2)[C@H](C(O)[C@H](O)CO)O1. The Hall–Kier alpha value is -5.53. The predicted molar refractivity (Wildman–Crippen MR) is 186 cm³/mol. The van der Waals surface area contributed by atoms with E-state index in [4.69, 9.17) is 13.9 Å². The zero-order valence-corrected chi connectivity index (χ0v) is 29.2. The number of nitrogens with one attached hydrogen (secondary N) is 2. The Kier molecular flexibility index (Phi) is 12.5. The molecule has 3 aliphatic rings. The summed E-state index contributed by atoms with van der Waals surface area (Å²) in [5.74, 6) is -5.82. The highest BCUT2D eigenvalue weighted by atomic mass is 19.1. The largest absolute Gasteiger partial charge is 0.505 e. The quantitative estimate of drug-likeness (QED) is 0.0485. The molecule has 8 N–H and O–H groups in total. The van der Waals surface area contributed by atoms with Gasteiger partial charge in [0.1, 0.15) is 35.4 Å². The molecule has 1 fully saturated rings. The number of rotatable bonds is 15. The van der Waals surface area contributed by atoms with Gasteiger partial charge in [-0.2, -0.15) is 0 Å². The first-order valence-electron chi connectivity index (χ1n) is 17.1. The number of aromatic hydroxyl groups is 1. The summed E-state index contributed by atoms with van der Waals surface area (Å²) in [7, 11) is 0. The molecule has 18 heteroatoms. The lowest BCUT2D eigenvalue weighted by molar-refractivity contribution is -0.224. The monoisotopic (exact) mass is 772 g/mol. The van der Waals surface area contributed by atoms with Crippen LogP contribution in [0.15, 0.2) is 51.7 Å². The van der Waals surface area contributed by atoms with E-state index in [1.807, 2.05) is 0 Å². The van der Waals surface area contributed by atoms with Crippen molar-refractivity contribution in [3.8, 4) is 33.9 Å². The first kappa shape index (κ1) is 40.7. The number of carboxylic acids is 1. The van der Waals surface area contributed by atoms with E-state index in [1.165, 1.54) is 25.1 Å². The van der Waals surface area contributed by atoms with Crippen molar-refractivity contribution >= 4 is 35.2 Å². The van der Waals surface area contributed by atoms with Crippen LogP contribution in [0.3, 0.4) is 0 Å².